The second-order valence-corrected chi connectivity index (χ2v) is 9.54. The number of hydrogen-bond donors (Lipinski definition) is 3. The molecule has 2 amide bonds. The van der Waals surface area contributed by atoms with Crippen LogP contribution in [-0.2, 0) is 25.7 Å². The number of nitrogen functional groups attached to an aromatic ring is 1. The van der Waals surface area contributed by atoms with E-state index >= 15 is 0 Å². The Morgan fingerprint density at radius 2 is 2.06 bits per heavy atom. The van der Waals surface area contributed by atoms with Gasteiger partial charge in [0.15, 0.2) is 10.7 Å². The van der Waals surface area contributed by atoms with Crippen LogP contribution in [0.5, 0.6) is 0 Å². The zero-order valence-corrected chi connectivity index (χ0v) is 18.8. The van der Waals surface area contributed by atoms with E-state index in [0.717, 1.165) is 23.1 Å². The van der Waals surface area contributed by atoms with E-state index in [-0.39, 0.29) is 35.4 Å². The molecule has 0 bridgehead atoms. The fourth-order valence-corrected chi connectivity index (χ4v) is 5.33. The summed E-state index contributed by atoms with van der Waals surface area (Å²) in [7, 11) is 0. The van der Waals surface area contributed by atoms with Crippen LogP contribution in [0, 0.1) is 10.1 Å². The van der Waals surface area contributed by atoms with Gasteiger partial charge in [-0.15, -0.1) is 23.1 Å². The first kappa shape index (κ1) is 23.6. The summed E-state index contributed by atoms with van der Waals surface area (Å²) in [6.07, 6.45) is 0. The monoisotopic (exact) mass is 507 g/mol. The molecule has 2 fully saturated rings. The summed E-state index contributed by atoms with van der Waals surface area (Å²) in [4.78, 5) is 64.5. The van der Waals surface area contributed by atoms with Gasteiger partial charge < -0.3 is 25.8 Å². The molecule has 3 atom stereocenters. The molecule has 2 aromatic rings. The Balaban J connectivity index is 1.31. The number of nitrogens with two attached hydrogens (primary N) is 1. The molecule has 178 valence electrons. The number of non-ortho nitro benzene ring substituents is 1. The number of hydrogen-bond acceptors (Lipinski definition) is 12. The number of nitrogens with zero attached hydrogens (tertiary/aromatic N) is 3. The number of ketones is 1. The number of fused-ring (bicyclic) bond motifs is 1. The van der Waals surface area contributed by atoms with Crippen LogP contribution in [0.2, 0.25) is 0 Å². The number of esters is 1. The average Bonchev–Trinajstić information content (AvgIpc) is 3.26. The minimum Gasteiger partial charge on any atom is -0.459 e. The van der Waals surface area contributed by atoms with Gasteiger partial charge in [0.25, 0.3) is 17.4 Å². The van der Waals surface area contributed by atoms with E-state index in [0.29, 0.717) is 5.56 Å². The Morgan fingerprint density at radius 3 is 2.68 bits per heavy atom. The molecule has 3 heterocycles. The highest BCUT2D eigenvalue weighted by Gasteiger charge is 2.57. The Kier molecular flexibility index (Phi) is 6.24. The Labute approximate surface area is 199 Å². The molecule has 2 unspecified atom stereocenters. The van der Waals surface area contributed by atoms with Crippen molar-refractivity contribution in [3.05, 3.63) is 51.0 Å². The summed E-state index contributed by atoms with van der Waals surface area (Å²) < 4.78 is 5.15. The fraction of sp³-hybridized carbons (Fsp3) is 0.316. The number of benzene rings is 1. The molecule has 2 aliphatic heterocycles. The van der Waals surface area contributed by atoms with Gasteiger partial charge in [0, 0.05) is 23.3 Å². The summed E-state index contributed by atoms with van der Waals surface area (Å²) in [5.41, 5.74) is 3.74. The number of β-lactam (4-membered cyclic amide) rings is 1. The molecular formula is C19H17N5O8S2. The summed E-state index contributed by atoms with van der Waals surface area (Å²) in [5, 5.41) is 24.7. The molecule has 2 aliphatic rings. The van der Waals surface area contributed by atoms with Crippen molar-refractivity contribution in [2.75, 3.05) is 18.0 Å². The van der Waals surface area contributed by atoms with Gasteiger partial charge in [0.1, 0.15) is 23.7 Å². The van der Waals surface area contributed by atoms with Crippen molar-refractivity contribution in [1.29, 1.82) is 0 Å². The van der Waals surface area contributed by atoms with E-state index in [1.165, 1.54) is 34.5 Å². The van der Waals surface area contributed by atoms with E-state index in [4.69, 9.17) is 10.5 Å². The quantitative estimate of drug-likeness (QED) is 0.111. The van der Waals surface area contributed by atoms with Gasteiger partial charge in [-0.3, -0.25) is 24.5 Å². The average molecular weight is 508 g/mol. The van der Waals surface area contributed by atoms with Gasteiger partial charge in [-0.1, -0.05) is 0 Å². The second kappa shape index (κ2) is 9.00. The smallest absolute Gasteiger partial charge is 0.341 e. The first-order chi connectivity index (χ1) is 16.1. The topological polar surface area (TPSA) is 195 Å². The van der Waals surface area contributed by atoms with Crippen molar-refractivity contribution in [1.82, 2.24) is 15.2 Å². The molecule has 4 N–H and O–H groups in total. The molecule has 13 nitrogen and oxygen atoms in total. The number of nitro benzene ring substituents is 1. The molecule has 0 saturated carbocycles. The molecule has 0 aliphatic carbocycles. The lowest BCUT2D eigenvalue weighted by molar-refractivity contribution is -0.384. The molecule has 1 aromatic carbocycles. The first-order valence-electron chi connectivity index (χ1n) is 9.70. The number of aliphatic hydroxyl groups is 1. The largest absolute Gasteiger partial charge is 0.459 e. The zero-order valence-electron chi connectivity index (χ0n) is 17.2. The van der Waals surface area contributed by atoms with Crippen molar-refractivity contribution in [3.8, 4) is 0 Å². The highest BCUT2D eigenvalue weighted by atomic mass is 32.2. The van der Waals surface area contributed by atoms with Crippen LogP contribution in [0.15, 0.2) is 29.6 Å². The number of carbonyl (C=O) groups excluding carboxylic acids is 4. The van der Waals surface area contributed by atoms with Gasteiger partial charge in [-0.2, -0.15) is 0 Å². The maximum absolute atomic E-state index is 12.5. The van der Waals surface area contributed by atoms with E-state index in [2.05, 4.69) is 10.3 Å². The van der Waals surface area contributed by atoms with E-state index in [1.807, 2.05) is 0 Å². The second-order valence-electron chi connectivity index (χ2n) is 7.55. The number of Topliss-reactive ketones (excluding diaryl/α,β-unsaturated/α-hetero) is 1. The third-order valence-electron chi connectivity index (χ3n) is 5.21. The molecule has 15 heteroatoms. The number of nitrogens with one attached hydrogen (secondary N) is 1. The SMILES string of the molecule is Nc1nc(C(=O)C(=O)NC2C(=O)N3CC(O)(C(=O)OCc4ccc([N+](=O)[O-])cc4)CS[C@H]23)cs1. The minimum absolute atomic E-state index is 0.108. The van der Waals surface area contributed by atoms with Crippen LogP contribution in [0.25, 0.3) is 0 Å². The lowest BCUT2D eigenvalue weighted by Crippen LogP contribution is -2.75. The lowest BCUT2D eigenvalue weighted by Gasteiger charge is -2.52. The number of thioether (sulfide) groups is 1. The Morgan fingerprint density at radius 1 is 1.35 bits per heavy atom. The van der Waals surface area contributed by atoms with Crippen LogP contribution in [0.1, 0.15) is 16.1 Å². The predicted octanol–water partition coefficient (Wildman–Crippen LogP) is -0.309. The number of rotatable bonds is 7. The number of carbonyl (C=O) groups is 4. The van der Waals surface area contributed by atoms with Gasteiger partial charge in [0.2, 0.25) is 5.91 Å². The van der Waals surface area contributed by atoms with E-state index in [9.17, 15) is 34.4 Å². The molecule has 34 heavy (non-hydrogen) atoms. The summed E-state index contributed by atoms with van der Waals surface area (Å²) in [5.74, 6) is -3.55. The van der Waals surface area contributed by atoms with Crippen molar-refractivity contribution < 1.29 is 33.9 Å². The highest BCUT2D eigenvalue weighted by molar-refractivity contribution is 8.00. The standard InChI is InChI=1S/C19H17N5O8S2/c20-18-21-11(6-33-18)13(25)14(26)22-12-15(27)23-7-19(29,8-34-16(12)23)17(28)32-5-9-1-3-10(4-2-9)24(30)31/h1-4,6,12,16,29H,5,7-8H2,(H2,20,21)(H,22,26)/t12?,16-,19?/m1/s1. The number of nitro groups is 1. The van der Waals surface area contributed by atoms with Crippen LogP contribution < -0.4 is 11.1 Å². The molecule has 0 spiro atoms. The van der Waals surface area contributed by atoms with Crippen molar-refractivity contribution in [3.63, 3.8) is 0 Å². The third-order valence-corrected chi connectivity index (χ3v) is 7.40. The summed E-state index contributed by atoms with van der Waals surface area (Å²) in [6, 6.07) is 4.39. The normalized spacial score (nSPS) is 23.4. The van der Waals surface area contributed by atoms with Gasteiger partial charge in [-0.25, -0.2) is 9.78 Å². The number of anilines is 1. The number of ether oxygens (including phenoxy) is 1. The third kappa shape index (κ3) is 4.44. The first-order valence-corrected chi connectivity index (χ1v) is 11.6. The van der Waals surface area contributed by atoms with Gasteiger partial charge in [0.05, 0.1) is 11.5 Å². The van der Waals surface area contributed by atoms with E-state index in [1.54, 1.807) is 0 Å². The van der Waals surface area contributed by atoms with Gasteiger partial charge >= 0.3 is 5.97 Å². The molecule has 2 saturated heterocycles. The fourth-order valence-electron chi connectivity index (χ4n) is 3.40. The summed E-state index contributed by atoms with van der Waals surface area (Å²) >= 11 is 2.06. The Hall–Kier alpha value is -3.56. The molecule has 0 radical (unpaired) electrons. The lowest BCUT2D eigenvalue weighted by atomic mass is 9.99. The van der Waals surface area contributed by atoms with E-state index < -0.39 is 45.5 Å². The number of aromatic nitrogens is 1. The van der Waals surface area contributed by atoms with Crippen LogP contribution in [0.3, 0.4) is 0 Å². The Bertz CT molecular complexity index is 1190. The van der Waals surface area contributed by atoms with Crippen molar-refractivity contribution >= 4 is 57.5 Å². The molecule has 4 rings (SSSR count). The van der Waals surface area contributed by atoms with Crippen LogP contribution in [-0.4, -0.2) is 72.8 Å². The molecule has 1 aromatic heterocycles. The maximum Gasteiger partial charge on any atom is 0.341 e. The minimum atomic E-state index is -1.97. The summed E-state index contributed by atoms with van der Waals surface area (Å²) in [6.45, 7) is -0.561. The molecular weight excluding hydrogens is 490 g/mol. The predicted molar refractivity (Wildman–Crippen MR) is 119 cm³/mol. The van der Waals surface area contributed by atoms with Crippen LogP contribution in [0.4, 0.5) is 10.8 Å². The maximum atomic E-state index is 12.5. The highest BCUT2D eigenvalue weighted by Crippen LogP contribution is 2.38. The van der Waals surface area contributed by atoms with Crippen molar-refractivity contribution in [2.24, 2.45) is 0 Å². The van der Waals surface area contributed by atoms with Crippen LogP contribution >= 0.6 is 23.1 Å². The number of thiazole rings is 1. The van der Waals surface area contributed by atoms with Crippen molar-refractivity contribution in [2.45, 2.75) is 23.6 Å². The van der Waals surface area contributed by atoms with Gasteiger partial charge in [-0.05, 0) is 17.7 Å². The zero-order chi connectivity index (χ0) is 24.6. The number of amides is 2.